The second-order valence-corrected chi connectivity index (χ2v) is 5.06. The molecule has 1 unspecified atom stereocenters. The third-order valence-corrected chi connectivity index (χ3v) is 3.51. The third-order valence-electron chi connectivity index (χ3n) is 3.51. The summed E-state index contributed by atoms with van der Waals surface area (Å²) in [6.45, 7) is 0.537. The summed E-state index contributed by atoms with van der Waals surface area (Å²) in [6, 6.07) is 4.73. The zero-order valence-electron chi connectivity index (χ0n) is 11.0. The maximum absolute atomic E-state index is 12.9. The Morgan fingerprint density at radius 2 is 1.90 bits per heavy atom. The molecule has 2 atom stereocenters. The van der Waals surface area contributed by atoms with Gasteiger partial charge in [-0.15, -0.1) is 0 Å². The van der Waals surface area contributed by atoms with Gasteiger partial charge in [-0.25, -0.2) is 4.79 Å². The molecule has 0 bridgehead atoms. The number of hydrogen-bond acceptors (Lipinski definition) is 3. The molecule has 0 aliphatic carbocycles. The van der Waals surface area contributed by atoms with Gasteiger partial charge in [0.25, 0.3) is 5.91 Å². The summed E-state index contributed by atoms with van der Waals surface area (Å²) in [5.41, 5.74) is 2.62. The van der Waals surface area contributed by atoms with E-state index in [1.807, 2.05) is 0 Å². The van der Waals surface area contributed by atoms with Crippen LogP contribution in [0.4, 0.5) is 18.9 Å². The minimum atomic E-state index is -4.98. The standard InChI is InChI=1S/C13H13F3N2O3/c1-12(17,13(14,15)16)11(21)18-8-5-3-2-4-7(8)6-9(18)10(19)20/h2-5,9H,6,17H2,1H3,(H,19,20)/t9-,12?/m0/s1. The Morgan fingerprint density at radius 1 is 1.33 bits per heavy atom. The Morgan fingerprint density at radius 3 is 2.43 bits per heavy atom. The Kier molecular flexibility index (Phi) is 3.45. The van der Waals surface area contributed by atoms with Crippen molar-refractivity contribution in [3.8, 4) is 0 Å². The van der Waals surface area contributed by atoms with Crippen LogP contribution in [0.1, 0.15) is 12.5 Å². The van der Waals surface area contributed by atoms with Crippen molar-refractivity contribution in [1.82, 2.24) is 0 Å². The van der Waals surface area contributed by atoms with Gasteiger partial charge >= 0.3 is 12.1 Å². The van der Waals surface area contributed by atoms with E-state index in [0.29, 0.717) is 17.4 Å². The Bertz CT molecular complexity index is 599. The van der Waals surface area contributed by atoms with Gasteiger partial charge in [-0.3, -0.25) is 9.69 Å². The molecule has 114 valence electrons. The highest BCUT2D eigenvalue weighted by atomic mass is 19.4. The van der Waals surface area contributed by atoms with Gasteiger partial charge in [0.1, 0.15) is 6.04 Å². The number of carboxylic acids is 1. The Labute approximate surface area is 118 Å². The smallest absolute Gasteiger partial charge is 0.415 e. The van der Waals surface area contributed by atoms with Gasteiger partial charge in [0.2, 0.25) is 0 Å². The number of nitrogens with two attached hydrogens (primary N) is 1. The van der Waals surface area contributed by atoms with Gasteiger partial charge in [-0.1, -0.05) is 18.2 Å². The van der Waals surface area contributed by atoms with Gasteiger partial charge in [-0.2, -0.15) is 13.2 Å². The molecule has 0 spiro atoms. The number of alkyl halides is 3. The minimum Gasteiger partial charge on any atom is -0.480 e. The number of anilines is 1. The van der Waals surface area contributed by atoms with Gasteiger partial charge in [0.05, 0.1) is 0 Å². The molecule has 1 aromatic carbocycles. The lowest BCUT2D eigenvalue weighted by molar-refractivity contribution is -0.186. The van der Waals surface area contributed by atoms with E-state index in [1.165, 1.54) is 12.1 Å². The van der Waals surface area contributed by atoms with Crippen LogP contribution in [0.2, 0.25) is 0 Å². The molecule has 0 saturated carbocycles. The highest BCUT2D eigenvalue weighted by Crippen LogP contribution is 2.37. The Hall–Kier alpha value is -2.09. The third kappa shape index (κ3) is 2.35. The zero-order chi connectivity index (χ0) is 16.0. The van der Waals surface area contributed by atoms with E-state index in [4.69, 9.17) is 10.8 Å². The summed E-state index contributed by atoms with van der Waals surface area (Å²) < 4.78 is 38.8. The summed E-state index contributed by atoms with van der Waals surface area (Å²) in [5.74, 6) is -2.86. The zero-order valence-corrected chi connectivity index (χ0v) is 11.0. The van der Waals surface area contributed by atoms with Crippen LogP contribution in [0.25, 0.3) is 0 Å². The number of aliphatic carboxylic acids is 1. The summed E-state index contributed by atoms with van der Waals surface area (Å²) in [6.07, 6.45) is -5.03. The second kappa shape index (κ2) is 4.73. The maximum atomic E-state index is 12.9. The summed E-state index contributed by atoms with van der Waals surface area (Å²) in [4.78, 5) is 24.1. The first kappa shape index (κ1) is 15.3. The van der Waals surface area contributed by atoms with Crippen LogP contribution in [0.3, 0.4) is 0 Å². The molecule has 5 nitrogen and oxygen atoms in total. The molecular weight excluding hydrogens is 289 g/mol. The molecule has 1 aliphatic rings. The number of fused-ring (bicyclic) bond motifs is 1. The SMILES string of the molecule is CC(N)(C(=O)N1c2ccccc2C[C@H]1C(=O)O)C(F)(F)F. The van der Waals surface area contributed by atoms with Crippen LogP contribution in [0, 0.1) is 0 Å². The predicted octanol–water partition coefficient (Wildman–Crippen LogP) is 1.31. The molecule has 1 aromatic rings. The van der Waals surface area contributed by atoms with Gasteiger partial charge in [0, 0.05) is 12.1 Å². The molecular formula is C13H13F3N2O3. The normalized spacial score (nSPS) is 20.8. The molecule has 2 rings (SSSR count). The Balaban J connectivity index is 2.49. The number of hydrogen-bond donors (Lipinski definition) is 2. The van der Waals surface area contributed by atoms with Crippen molar-refractivity contribution < 1.29 is 27.9 Å². The number of benzene rings is 1. The first-order chi connectivity index (χ1) is 9.57. The molecule has 21 heavy (non-hydrogen) atoms. The van der Waals surface area contributed by atoms with E-state index in [2.05, 4.69) is 0 Å². The van der Waals surface area contributed by atoms with Crippen LogP contribution < -0.4 is 10.6 Å². The van der Waals surface area contributed by atoms with Crippen molar-refractivity contribution in [2.24, 2.45) is 5.73 Å². The number of para-hydroxylation sites is 1. The molecule has 0 fully saturated rings. The van der Waals surface area contributed by atoms with Crippen molar-refractivity contribution >= 4 is 17.6 Å². The molecule has 0 radical (unpaired) electrons. The second-order valence-electron chi connectivity index (χ2n) is 5.06. The van der Waals surface area contributed by atoms with Crippen LogP contribution in [0.15, 0.2) is 24.3 Å². The van der Waals surface area contributed by atoms with E-state index in [1.54, 1.807) is 12.1 Å². The van der Waals surface area contributed by atoms with Crippen molar-refractivity contribution in [1.29, 1.82) is 0 Å². The van der Waals surface area contributed by atoms with Crippen molar-refractivity contribution in [2.75, 3.05) is 4.90 Å². The fourth-order valence-electron chi connectivity index (χ4n) is 2.21. The maximum Gasteiger partial charge on any atom is 0.415 e. The average molecular weight is 302 g/mol. The van der Waals surface area contributed by atoms with Crippen LogP contribution in [0.5, 0.6) is 0 Å². The highest BCUT2D eigenvalue weighted by Gasteiger charge is 2.57. The summed E-state index contributed by atoms with van der Waals surface area (Å²) in [7, 11) is 0. The number of carboxylic acid groups (broad SMARTS) is 1. The predicted molar refractivity (Wildman–Crippen MR) is 67.7 cm³/mol. The van der Waals surface area contributed by atoms with Crippen LogP contribution in [-0.2, 0) is 16.0 Å². The molecule has 1 amide bonds. The highest BCUT2D eigenvalue weighted by molar-refractivity contribution is 6.06. The van der Waals surface area contributed by atoms with Gasteiger partial charge < -0.3 is 10.8 Å². The first-order valence-corrected chi connectivity index (χ1v) is 6.07. The number of carbonyl (C=O) groups is 2. The van der Waals surface area contributed by atoms with Crippen LogP contribution >= 0.6 is 0 Å². The fourth-order valence-corrected chi connectivity index (χ4v) is 2.21. The number of nitrogens with zero attached hydrogens (tertiary/aromatic N) is 1. The largest absolute Gasteiger partial charge is 0.480 e. The monoisotopic (exact) mass is 302 g/mol. The molecule has 1 aliphatic heterocycles. The van der Waals surface area contributed by atoms with Crippen molar-refractivity contribution in [2.45, 2.75) is 31.1 Å². The summed E-state index contributed by atoms with van der Waals surface area (Å²) in [5, 5.41) is 9.16. The van der Waals surface area contributed by atoms with E-state index < -0.39 is 29.6 Å². The van der Waals surface area contributed by atoms with E-state index >= 15 is 0 Å². The molecule has 1 heterocycles. The lowest BCUT2D eigenvalue weighted by Gasteiger charge is -2.33. The number of amides is 1. The summed E-state index contributed by atoms with van der Waals surface area (Å²) >= 11 is 0. The van der Waals surface area contributed by atoms with Gasteiger partial charge in [0.15, 0.2) is 5.54 Å². The quantitative estimate of drug-likeness (QED) is 0.862. The molecule has 3 N–H and O–H groups in total. The van der Waals surface area contributed by atoms with E-state index in [0.717, 1.165) is 0 Å². The topological polar surface area (TPSA) is 83.6 Å². The number of carbonyl (C=O) groups excluding carboxylic acids is 1. The van der Waals surface area contributed by atoms with Crippen molar-refractivity contribution in [3.05, 3.63) is 29.8 Å². The van der Waals surface area contributed by atoms with E-state index in [-0.39, 0.29) is 12.1 Å². The van der Waals surface area contributed by atoms with Crippen molar-refractivity contribution in [3.63, 3.8) is 0 Å². The minimum absolute atomic E-state index is 0.0504. The molecule has 0 aromatic heterocycles. The lowest BCUT2D eigenvalue weighted by atomic mass is 10.0. The van der Waals surface area contributed by atoms with E-state index in [9.17, 15) is 22.8 Å². The molecule has 8 heteroatoms. The number of rotatable bonds is 2. The van der Waals surface area contributed by atoms with Gasteiger partial charge in [-0.05, 0) is 18.6 Å². The number of halogens is 3. The fraction of sp³-hybridized carbons (Fsp3) is 0.385. The van der Waals surface area contributed by atoms with Crippen LogP contribution in [-0.4, -0.2) is 34.7 Å². The first-order valence-electron chi connectivity index (χ1n) is 6.07. The average Bonchev–Trinajstić information content (AvgIpc) is 2.75. The lowest BCUT2D eigenvalue weighted by Crippen LogP contribution is -2.64. The molecule has 0 saturated heterocycles.